The molecule has 4 heteroatoms. The summed E-state index contributed by atoms with van der Waals surface area (Å²) < 4.78 is 5.18. The number of nitrogens with two attached hydrogens (primary N) is 2. The molecule has 4 N–H and O–H groups in total. The van der Waals surface area contributed by atoms with E-state index in [1.54, 1.807) is 19.5 Å². The highest BCUT2D eigenvalue weighted by Gasteiger charge is 2.33. The number of methoxy groups -OCH3 is 1. The molecule has 90 valence electrons. The number of aryl methyl sites for hydroxylation is 1. The molecule has 1 aromatic carbocycles. The van der Waals surface area contributed by atoms with Gasteiger partial charge in [-0.3, -0.25) is 4.99 Å². The van der Waals surface area contributed by atoms with E-state index < -0.39 is 5.54 Å². The third-order valence-electron chi connectivity index (χ3n) is 3.13. The van der Waals surface area contributed by atoms with E-state index in [9.17, 15) is 0 Å². The van der Waals surface area contributed by atoms with Crippen LogP contribution in [0.3, 0.4) is 0 Å². The van der Waals surface area contributed by atoms with Gasteiger partial charge in [-0.25, -0.2) is 0 Å². The molecule has 0 saturated carbocycles. The van der Waals surface area contributed by atoms with E-state index in [1.807, 2.05) is 31.2 Å². The largest absolute Gasteiger partial charge is 0.497 e. The molecule has 1 aromatic rings. The van der Waals surface area contributed by atoms with Crippen molar-refractivity contribution < 1.29 is 4.74 Å². The highest BCUT2D eigenvalue weighted by Crippen LogP contribution is 2.29. The van der Waals surface area contributed by atoms with Gasteiger partial charge in [-0.2, -0.15) is 0 Å². The number of hydrogen-bond donors (Lipinski definition) is 2. The van der Waals surface area contributed by atoms with Crippen LogP contribution < -0.4 is 16.2 Å². The SMILES string of the molecule is COc1ccc(C2(N)C=CN=CC2N)c(C)c1. The minimum atomic E-state index is -0.696. The predicted octanol–water partition coefficient (Wildman–Crippen LogP) is 1.08. The zero-order valence-electron chi connectivity index (χ0n) is 10.1. The Kier molecular flexibility index (Phi) is 3.00. The molecular weight excluding hydrogens is 214 g/mol. The van der Waals surface area contributed by atoms with Crippen molar-refractivity contribution in [1.82, 2.24) is 0 Å². The molecule has 1 heterocycles. The minimum absolute atomic E-state index is 0.320. The van der Waals surface area contributed by atoms with Crippen molar-refractivity contribution in [2.24, 2.45) is 16.5 Å². The Hall–Kier alpha value is -1.65. The fourth-order valence-electron chi connectivity index (χ4n) is 2.06. The van der Waals surface area contributed by atoms with Gasteiger partial charge in [0.15, 0.2) is 0 Å². The van der Waals surface area contributed by atoms with Gasteiger partial charge in [0.25, 0.3) is 0 Å². The second-order valence-corrected chi connectivity index (χ2v) is 4.25. The monoisotopic (exact) mass is 231 g/mol. The third kappa shape index (κ3) is 1.97. The molecule has 17 heavy (non-hydrogen) atoms. The van der Waals surface area contributed by atoms with Crippen LogP contribution in [0.2, 0.25) is 0 Å². The molecule has 2 rings (SSSR count). The predicted molar refractivity (Wildman–Crippen MR) is 69.2 cm³/mol. The lowest BCUT2D eigenvalue weighted by molar-refractivity contribution is 0.413. The molecular formula is C13H17N3O. The second kappa shape index (κ2) is 4.31. The van der Waals surface area contributed by atoms with E-state index in [1.165, 1.54) is 0 Å². The van der Waals surface area contributed by atoms with Gasteiger partial charge in [0.1, 0.15) is 5.75 Å². The summed E-state index contributed by atoms with van der Waals surface area (Å²) in [4.78, 5) is 4.01. The number of nitrogens with zero attached hydrogens (tertiary/aromatic N) is 1. The Bertz CT molecular complexity index is 482. The Balaban J connectivity index is 2.46. The Morgan fingerprint density at radius 1 is 1.41 bits per heavy atom. The van der Waals surface area contributed by atoms with E-state index in [2.05, 4.69) is 4.99 Å². The van der Waals surface area contributed by atoms with Crippen molar-refractivity contribution >= 4 is 6.21 Å². The second-order valence-electron chi connectivity index (χ2n) is 4.25. The first kappa shape index (κ1) is 11.8. The van der Waals surface area contributed by atoms with Crippen molar-refractivity contribution in [3.8, 4) is 5.75 Å². The average molecular weight is 231 g/mol. The maximum Gasteiger partial charge on any atom is 0.119 e. The minimum Gasteiger partial charge on any atom is -0.497 e. The van der Waals surface area contributed by atoms with Crippen LogP contribution in [0.4, 0.5) is 0 Å². The first-order valence-electron chi connectivity index (χ1n) is 5.48. The van der Waals surface area contributed by atoms with E-state index in [0.717, 1.165) is 16.9 Å². The first-order valence-corrected chi connectivity index (χ1v) is 5.48. The van der Waals surface area contributed by atoms with Gasteiger partial charge in [0.2, 0.25) is 0 Å². The summed E-state index contributed by atoms with van der Waals surface area (Å²) in [5.41, 5.74) is 13.8. The fraction of sp³-hybridized carbons (Fsp3) is 0.308. The Morgan fingerprint density at radius 3 is 2.76 bits per heavy atom. The summed E-state index contributed by atoms with van der Waals surface area (Å²) in [7, 11) is 1.64. The molecule has 0 amide bonds. The quantitative estimate of drug-likeness (QED) is 0.800. The fourth-order valence-corrected chi connectivity index (χ4v) is 2.06. The maximum absolute atomic E-state index is 6.37. The van der Waals surface area contributed by atoms with Crippen LogP contribution in [0.1, 0.15) is 11.1 Å². The molecule has 2 unspecified atom stereocenters. The van der Waals surface area contributed by atoms with Crippen LogP contribution in [0.5, 0.6) is 5.75 Å². The normalized spacial score (nSPS) is 27.2. The number of aliphatic imine (C=N–C) groups is 1. The number of ether oxygens (including phenoxy) is 1. The zero-order chi connectivity index (χ0) is 12.5. The van der Waals surface area contributed by atoms with Gasteiger partial charge in [-0.15, -0.1) is 0 Å². The molecule has 0 aliphatic carbocycles. The van der Waals surface area contributed by atoms with Gasteiger partial charge in [-0.1, -0.05) is 6.07 Å². The van der Waals surface area contributed by atoms with E-state index in [-0.39, 0.29) is 6.04 Å². The summed E-state index contributed by atoms with van der Waals surface area (Å²) in [6.07, 6.45) is 5.20. The lowest BCUT2D eigenvalue weighted by atomic mass is 9.81. The van der Waals surface area contributed by atoms with Crippen LogP contribution in [0.25, 0.3) is 0 Å². The van der Waals surface area contributed by atoms with Crippen molar-refractivity contribution in [3.05, 3.63) is 41.6 Å². The van der Waals surface area contributed by atoms with Gasteiger partial charge in [0.05, 0.1) is 18.7 Å². The lowest BCUT2D eigenvalue weighted by Gasteiger charge is -2.33. The molecule has 4 nitrogen and oxygen atoms in total. The summed E-state index contributed by atoms with van der Waals surface area (Å²) in [6, 6.07) is 5.48. The third-order valence-corrected chi connectivity index (χ3v) is 3.13. The summed E-state index contributed by atoms with van der Waals surface area (Å²) in [5.74, 6) is 0.817. The van der Waals surface area contributed by atoms with Crippen molar-refractivity contribution in [2.75, 3.05) is 7.11 Å². The smallest absolute Gasteiger partial charge is 0.119 e. The van der Waals surface area contributed by atoms with Crippen LogP contribution in [-0.2, 0) is 5.54 Å². The number of rotatable bonds is 2. The summed E-state index contributed by atoms with van der Waals surface area (Å²) >= 11 is 0. The lowest BCUT2D eigenvalue weighted by Crippen LogP contribution is -2.53. The average Bonchev–Trinajstić information content (AvgIpc) is 2.32. The van der Waals surface area contributed by atoms with Crippen LogP contribution in [0, 0.1) is 6.92 Å². The molecule has 0 spiro atoms. The van der Waals surface area contributed by atoms with Gasteiger partial charge in [0, 0.05) is 12.4 Å². The molecule has 0 fully saturated rings. The van der Waals surface area contributed by atoms with Crippen LogP contribution in [-0.4, -0.2) is 19.4 Å². The number of benzene rings is 1. The molecule has 0 aromatic heterocycles. The highest BCUT2D eigenvalue weighted by atomic mass is 16.5. The van der Waals surface area contributed by atoms with Crippen LogP contribution >= 0.6 is 0 Å². The molecule has 0 saturated heterocycles. The van der Waals surface area contributed by atoms with Crippen molar-refractivity contribution in [1.29, 1.82) is 0 Å². The standard InChI is InChI=1S/C13H17N3O/c1-9-7-10(17-2)3-4-11(9)13(15)5-6-16-8-12(13)14/h3-8,12H,14-15H2,1-2H3. The molecule has 2 atom stereocenters. The van der Waals surface area contributed by atoms with Gasteiger partial charge >= 0.3 is 0 Å². The Morgan fingerprint density at radius 2 is 2.18 bits per heavy atom. The topological polar surface area (TPSA) is 73.6 Å². The molecule has 0 radical (unpaired) electrons. The highest BCUT2D eigenvalue weighted by molar-refractivity contribution is 5.71. The van der Waals surface area contributed by atoms with Gasteiger partial charge in [-0.05, 0) is 36.3 Å². The van der Waals surface area contributed by atoms with Crippen molar-refractivity contribution in [2.45, 2.75) is 18.5 Å². The summed E-state index contributed by atoms with van der Waals surface area (Å²) in [6.45, 7) is 2.00. The zero-order valence-corrected chi connectivity index (χ0v) is 10.1. The molecule has 1 aliphatic heterocycles. The van der Waals surface area contributed by atoms with Crippen LogP contribution in [0.15, 0.2) is 35.5 Å². The van der Waals surface area contributed by atoms with E-state index in [4.69, 9.17) is 16.2 Å². The molecule has 1 aliphatic rings. The van der Waals surface area contributed by atoms with Crippen molar-refractivity contribution in [3.63, 3.8) is 0 Å². The van der Waals surface area contributed by atoms with E-state index in [0.29, 0.717) is 0 Å². The summed E-state index contributed by atoms with van der Waals surface area (Å²) in [5, 5.41) is 0. The maximum atomic E-state index is 6.37. The van der Waals surface area contributed by atoms with E-state index >= 15 is 0 Å². The molecule has 0 bridgehead atoms. The van der Waals surface area contributed by atoms with Gasteiger partial charge < -0.3 is 16.2 Å². The number of hydrogen-bond acceptors (Lipinski definition) is 4. The first-order chi connectivity index (χ1) is 8.08. The Labute approximate surface area is 101 Å².